The fourth-order valence-electron chi connectivity index (χ4n) is 11.7. The monoisotopic (exact) mass is 1230 g/mol. The quantitative estimate of drug-likeness (QED) is 0.135. The molecule has 0 saturated carbocycles. The Morgan fingerprint density at radius 2 is 0.732 bits per heavy atom. The smallest absolute Gasteiger partial charge is 0.0927 e. The number of hydrogen-bond donors (Lipinski definition) is 0. The molecule has 0 fully saturated rings. The molecule has 0 aliphatic carbocycles. The Kier molecular flexibility index (Phi) is 14.0. The Labute approximate surface area is 492 Å². The molecule has 0 saturated heterocycles. The molecule has 0 spiro atoms. The Bertz CT molecular complexity index is 4570. The summed E-state index contributed by atoms with van der Waals surface area (Å²) in [7, 11) is 0. The Hall–Kier alpha value is -9.46. The van der Waals surface area contributed by atoms with Crippen molar-refractivity contribution >= 4 is 33.1 Å². The van der Waals surface area contributed by atoms with Gasteiger partial charge in [-0.05, 0) is 138 Å². The zero-order valence-electron chi connectivity index (χ0n) is 46.6. The fourth-order valence-corrected chi connectivity index (χ4v) is 11.7. The molecule has 0 atom stereocenters. The van der Waals surface area contributed by atoms with E-state index in [0.29, 0.717) is 0 Å². The summed E-state index contributed by atoms with van der Waals surface area (Å²) >= 11 is 0. The van der Waals surface area contributed by atoms with Crippen molar-refractivity contribution in [1.82, 2.24) is 33.7 Å². The van der Waals surface area contributed by atoms with Crippen LogP contribution in [0.1, 0.15) is 34.4 Å². The fraction of sp³-hybridized carbons (Fsp3) is 0.0811. The van der Waals surface area contributed by atoms with E-state index >= 15 is 0 Å². The van der Waals surface area contributed by atoms with Gasteiger partial charge in [-0.2, -0.15) is 0 Å². The van der Waals surface area contributed by atoms with E-state index in [1.54, 1.807) is 0 Å². The minimum absolute atomic E-state index is 0. The average molecular weight is 1230 g/mol. The number of nitrogens with zero attached hydrogens (tertiary/aromatic N) is 7. The average Bonchev–Trinajstić information content (AvgIpc) is 3.69. The standard InChI is InChI=1S/C73H52N7.CH3.Ir/c1-44-46(3)79-48(5)77-70-42-56(32-34-67(70)72(79)75-44)62-19-11-14-22-65(62)59-38-58(39-60(40-59)66-23-15-12-20-63(66)57-33-35-68-71(43-57)78-49(6)80-47(4)45(2)76-73(68)80)64-21-13-10-18-61(64)53-28-30-54(31-29-53)69-41-55(36-37-74-69)52-26-24-51(25-27-52)50-16-8-7-9-17-50;;/h7-30,32-33,36-43H,1-6H3;1H3;/q-3;-1;. The molecule has 0 bridgehead atoms. The van der Waals surface area contributed by atoms with Crippen LogP contribution in [0.3, 0.4) is 0 Å². The minimum atomic E-state index is 0. The van der Waals surface area contributed by atoms with E-state index < -0.39 is 0 Å². The molecule has 14 aromatic rings. The van der Waals surface area contributed by atoms with Gasteiger partial charge in [0.2, 0.25) is 0 Å². The van der Waals surface area contributed by atoms with Crippen molar-refractivity contribution in [1.29, 1.82) is 0 Å². The first-order valence-electron chi connectivity index (χ1n) is 27.1. The van der Waals surface area contributed by atoms with Crippen molar-refractivity contribution in [3.8, 4) is 100 Å². The van der Waals surface area contributed by atoms with Crippen molar-refractivity contribution in [3.05, 3.63) is 266 Å². The van der Waals surface area contributed by atoms with Gasteiger partial charge in [0.15, 0.2) is 0 Å². The van der Waals surface area contributed by atoms with E-state index in [1.807, 2.05) is 26.1 Å². The largest absolute Gasteiger partial charge is 0.358 e. The summed E-state index contributed by atoms with van der Waals surface area (Å²) < 4.78 is 4.26. The summed E-state index contributed by atoms with van der Waals surface area (Å²) in [5.74, 6) is 1.79. The maximum atomic E-state index is 5.12. The van der Waals surface area contributed by atoms with Gasteiger partial charge < -0.3 is 21.2 Å². The predicted octanol–water partition coefficient (Wildman–Crippen LogP) is 18.2. The van der Waals surface area contributed by atoms with Crippen molar-refractivity contribution in [2.24, 2.45) is 0 Å². The third-order valence-electron chi connectivity index (χ3n) is 15.9. The second-order valence-corrected chi connectivity index (χ2v) is 20.8. The molecule has 7 nitrogen and oxygen atoms in total. The van der Waals surface area contributed by atoms with Crippen LogP contribution in [0.5, 0.6) is 0 Å². The van der Waals surface area contributed by atoms with Crippen LogP contribution in [-0.2, 0) is 20.1 Å². The van der Waals surface area contributed by atoms with E-state index in [1.165, 1.54) is 11.1 Å². The molecule has 0 amide bonds. The predicted molar refractivity (Wildman–Crippen MR) is 333 cm³/mol. The number of aryl methyl sites for hydroxylation is 6. The molecule has 0 aliphatic rings. The van der Waals surface area contributed by atoms with Crippen molar-refractivity contribution in [3.63, 3.8) is 0 Å². The van der Waals surface area contributed by atoms with Gasteiger partial charge in [-0.1, -0.05) is 178 Å². The number of aromatic nitrogens is 7. The molecule has 8 heteroatoms. The molecule has 5 heterocycles. The molecule has 1 radical (unpaired) electrons. The summed E-state index contributed by atoms with van der Waals surface area (Å²) in [6.45, 7) is 12.4. The van der Waals surface area contributed by atoms with Crippen LogP contribution in [0.25, 0.3) is 133 Å². The van der Waals surface area contributed by atoms with Crippen LogP contribution < -0.4 is 0 Å². The number of benzene rings is 9. The molecule has 0 N–H and O–H groups in total. The molecule has 399 valence electrons. The van der Waals surface area contributed by atoms with E-state index in [4.69, 9.17) is 24.9 Å². The van der Waals surface area contributed by atoms with Crippen molar-refractivity contribution < 1.29 is 20.1 Å². The normalized spacial score (nSPS) is 11.3. The summed E-state index contributed by atoms with van der Waals surface area (Å²) in [5, 5.41) is 1.81. The van der Waals surface area contributed by atoms with Crippen LogP contribution in [0.4, 0.5) is 0 Å². The van der Waals surface area contributed by atoms with Crippen molar-refractivity contribution in [2.45, 2.75) is 41.5 Å². The van der Waals surface area contributed by atoms with Gasteiger partial charge >= 0.3 is 0 Å². The summed E-state index contributed by atoms with van der Waals surface area (Å²) in [4.78, 5) is 25.0. The number of hydrogen-bond acceptors (Lipinski definition) is 5. The Balaban J connectivity index is 0.00000333. The zero-order valence-corrected chi connectivity index (χ0v) is 49.0. The number of rotatable bonds is 9. The molecular formula is C74H55IrN7-4. The molecule has 14 rings (SSSR count). The van der Waals surface area contributed by atoms with Gasteiger partial charge in [-0.25, -0.2) is 0 Å². The molecule has 0 unspecified atom stereocenters. The molecule has 82 heavy (non-hydrogen) atoms. The van der Waals surface area contributed by atoms with Crippen LogP contribution in [-0.4, -0.2) is 33.7 Å². The van der Waals surface area contributed by atoms with Gasteiger partial charge in [-0.15, -0.1) is 66.2 Å². The summed E-state index contributed by atoms with van der Waals surface area (Å²) in [5.41, 5.74) is 27.0. The van der Waals surface area contributed by atoms with E-state index in [-0.39, 0.29) is 27.5 Å². The van der Waals surface area contributed by atoms with Crippen LogP contribution in [0.15, 0.2) is 206 Å². The SMILES string of the molecule is Cc1nc2c3[c-]cc(-c4ccccc4-c4cc(-c5ccccc5-c5c[c-]c(-c6cc(-c7ccc(-c8ccccc8)cc7)ccn6)cc5)cc(-c5ccccc5-c5c[c-]c6c(c5)nc(C)n5c(C)c(C)nc65)c4)cc3nc(C)n2c1C.[CH3-].[Ir]. The number of imidazole rings is 2. The molecule has 9 aromatic carbocycles. The first-order valence-corrected chi connectivity index (χ1v) is 27.1. The van der Waals surface area contributed by atoms with Gasteiger partial charge in [-0.3, -0.25) is 19.9 Å². The third kappa shape index (κ3) is 9.30. The summed E-state index contributed by atoms with van der Waals surface area (Å²) in [6, 6.07) is 82.4. The topological polar surface area (TPSA) is 73.3 Å². The Morgan fingerprint density at radius 3 is 1.18 bits per heavy atom. The molecule has 5 aromatic heterocycles. The van der Waals surface area contributed by atoms with Gasteiger partial charge in [0.1, 0.15) is 0 Å². The minimum Gasteiger partial charge on any atom is -0.358 e. The van der Waals surface area contributed by atoms with E-state index in [0.717, 1.165) is 157 Å². The van der Waals surface area contributed by atoms with Crippen LogP contribution in [0.2, 0.25) is 0 Å². The van der Waals surface area contributed by atoms with Gasteiger partial charge in [0, 0.05) is 49.1 Å². The van der Waals surface area contributed by atoms with Gasteiger partial charge in [0.05, 0.1) is 22.9 Å². The number of fused-ring (bicyclic) bond motifs is 6. The maximum Gasteiger partial charge on any atom is 0.0927 e. The second-order valence-electron chi connectivity index (χ2n) is 20.8. The Morgan fingerprint density at radius 1 is 0.341 bits per heavy atom. The molecule has 0 aliphatic heterocycles. The van der Waals surface area contributed by atoms with E-state index in [9.17, 15) is 0 Å². The summed E-state index contributed by atoms with van der Waals surface area (Å²) in [6.07, 6.45) is 1.89. The first-order chi connectivity index (χ1) is 39.1. The van der Waals surface area contributed by atoms with Crippen LogP contribution in [0, 0.1) is 67.2 Å². The maximum absolute atomic E-state index is 5.12. The molecular weight excluding hydrogens is 1180 g/mol. The van der Waals surface area contributed by atoms with Gasteiger partial charge in [0.25, 0.3) is 0 Å². The number of pyridine rings is 1. The van der Waals surface area contributed by atoms with E-state index in [2.05, 4.69) is 249 Å². The van der Waals surface area contributed by atoms with Crippen molar-refractivity contribution in [2.75, 3.05) is 0 Å². The van der Waals surface area contributed by atoms with Crippen LogP contribution >= 0.6 is 0 Å². The zero-order chi connectivity index (χ0) is 54.2. The first kappa shape index (κ1) is 53.2. The second kappa shape index (κ2) is 21.5. The third-order valence-corrected chi connectivity index (χ3v) is 15.9.